The van der Waals surface area contributed by atoms with Crippen LogP contribution in [0.1, 0.15) is 28.4 Å². The maximum Gasteiger partial charge on any atom is 0.258 e. The molecule has 3 aromatic rings. The molecule has 1 saturated heterocycles. The SMILES string of the molecule is COc1cccc(C(=O)N(Cc2ccccc2)c2ccc(CC(=O)N3CCN(C(C)=O)CC3)cc2)c1. The van der Waals surface area contributed by atoms with E-state index in [0.717, 1.165) is 16.8 Å². The predicted octanol–water partition coefficient (Wildman–Crippen LogP) is 3.78. The van der Waals surface area contributed by atoms with E-state index < -0.39 is 0 Å². The van der Waals surface area contributed by atoms with Crippen LogP contribution in [0.3, 0.4) is 0 Å². The van der Waals surface area contributed by atoms with Gasteiger partial charge in [-0.3, -0.25) is 14.4 Å². The Kier molecular flexibility index (Phi) is 8.00. The molecule has 0 aliphatic carbocycles. The molecule has 3 amide bonds. The highest BCUT2D eigenvalue weighted by molar-refractivity contribution is 6.06. The summed E-state index contributed by atoms with van der Waals surface area (Å²) in [6.07, 6.45) is 0.281. The molecule has 3 aromatic carbocycles. The molecule has 0 N–H and O–H groups in total. The molecule has 0 bridgehead atoms. The molecule has 0 aromatic heterocycles. The Bertz CT molecular complexity index is 1200. The second-order valence-electron chi connectivity index (χ2n) is 8.84. The van der Waals surface area contributed by atoms with E-state index in [4.69, 9.17) is 4.74 Å². The van der Waals surface area contributed by atoms with Gasteiger partial charge >= 0.3 is 0 Å². The van der Waals surface area contributed by atoms with E-state index in [2.05, 4.69) is 0 Å². The van der Waals surface area contributed by atoms with Gasteiger partial charge in [0.2, 0.25) is 11.8 Å². The Balaban J connectivity index is 1.50. The van der Waals surface area contributed by atoms with Gasteiger partial charge in [-0.15, -0.1) is 0 Å². The van der Waals surface area contributed by atoms with Gasteiger partial charge in [0.05, 0.1) is 20.1 Å². The summed E-state index contributed by atoms with van der Waals surface area (Å²) in [5.74, 6) is 0.573. The van der Waals surface area contributed by atoms with Gasteiger partial charge in [0.25, 0.3) is 5.91 Å². The van der Waals surface area contributed by atoms with Gasteiger partial charge in [-0.2, -0.15) is 0 Å². The van der Waals surface area contributed by atoms with E-state index in [1.54, 1.807) is 46.9 Å². The van der Waals surface area contributed by atoms with Crippen LogP contribution < -0.4 is 9.64 Å². The first kappa shape index (κ1) is 25.0. The molecular weight excluding hydrogens is 454 g/mol. The van der Waals surface area contributed by atoms with Gasteiger partial charge < -0.3 is 19.4 Å². The summed E-state index contributed by atoms with van der Waals surface area (Å²) < 4.78 is 5.30. The quantitative estimate of drug-likeness (QED) is 0.511. The monoisotopic (exact) mass is 485 g/mol. The zero-order valence-electron chi connectivity index (χ0n) is 20.7. The number of carbonyl (C=O) groups is 3. The first-order chi connectivity index (χ1) is 17.4. The largest absolute Gasteiger partial charge is 0.497 e. The fourth-order valence-corrected chi connectivity index (χ4v) is 4.31. The smallest absolute Gasteiger partial charge is 0.258 e. The van der Waals surface area contributed by atoms with Crippen LogP contribution in [0.15, 0.2) is 78.9 Å². The van der Waals surface area contributed by atoms with Crippen molar-refractivity contribution in [1.29, 1.82) is 0 Å². The molecule has 186 valence electrons. The number of anilines is 1. The maximum atomic E-state index is 13.5. The zero-order valence-corrected chi connectivity index (χ0v) is 20.7. The van der Waals surface area contributed by atoms with E-state index >= 15 is 0 Å². The van der Waals surface area contributed by atoms with E-state index in [0.29, 0.717) is 44.0 Å². The third-order valence-electron chi connectivity index (χ3n) is 6.43. The van der Waals surface area contributed by atoms with Gasteiger partial charge in [-0.1, -0.05) is 48.5 Å². The Morgan fingerprint density at radius 2 is 1.47 bits per heavy atom. The van der Waals surface area contributed by atoms with E-state index in [1.807, 2.05) is 60.7 Å². The van der Waals surface area contributed by atoms with Crippen molar-refractivity contribution in [3.05, 3.63) is 95.6 Å². The van der Waals surface area contributed by atoms with E-state index in [9.17, 15) is 14.4 Å². The Morgan fingerprint density at radius 3 is 2.11 bits per heavy atom. The number of benzene rings is 3. The summed E-state index contributed by atoms with van der Waals surface area (Å²) in [5.41, 5.74) is 3.18. The third kappa shape index (κ3) is 6.10. The first-order valence-electron chi connectivity index (χ1n) is 12.1. The molecule has 1 aliphatic heterocycles. The molecule has 0 saturated carbocycles. The van der Waals surface area contributed by atoms with Crippen LogP contribution in [-0.4, -0.2) is 60.8 Å². The van der Waals surface area contributed by atoms with Crippen molar-refractivity contribution >= 4 is 23.4 Å². The molecule has 0 radical (unpaired) electrons. The van der Waals surface area contributed by atoms with Crippen molar-refractivity contribution in [3.8, 4) is 5.75 Å². The standard InChI is InChI=1S/C29H31N3O4/c1-22(33)30-15-17-31(18-16-30)28(34)19-23-11-13-26(14-12-23)32(21-24-7-4-3-5-8-24)29(35)25-9-6-10-27(20-25)36-2/h3-14,20H,15-19,21H2,1-2H3. The molecule has 0 unspecified atom stereocenters. The lowest BCUT2D eigenvalue weighted by Crippen LogP contribution is -2.50. The van der Waals surface area contributed by atoms with E-state index in [-0.39, 0.29) is 24.1 Å². The van der Waals surface area contributed by atoms with Crippen molar-refractivity contribution < 1.29 is 19.1 Å². The number of nitrogens with zero attached hydrogens (tertiary/aromatic N) is 3. The molecule has 1 fully saturated rings. The van der Waals surface area contributed by atoms with Crippen molar-refractivity contribution in [1.82, 2.24) is 9.80 Å². The average molecular weight is 486 g/mol. The number of rotatable bonds is 7. The Hall–Kier alpha value is -4.13. The van der Waals surface area contributed by atoms with Gasteiger partial charge in [0, 0.05) is 44.4 Å². The lowest BCUT2D eigenvalue weighted by atomic mass is 10.1. The average Bonchev–Trinajstić information content (AvgIpc) is 2.92. The van der Waals surface area contributed by atoms with Crippen molar-refractivity contribution in [2.24, 2.45) is 0 Å². The second kappa shape index (κ2) is 11.5. The number of amides is 3. The molecule has 1 heterocycles. The van der Waals surface area contributed by atoms with Crippen LogP contribution in [0.5, 0.6) is 5.75 Å². The van der Waals surface area contributed by atoms with Gasteiger partial charge in [-0.05, 0) is 41.5 Å². The van der Waals surface area contributed by atoms with Crippen molar-refractivity contribution in [2.75, 3.05) is 38.2 Å². The summed E-state index contributed by atoms with van der Waals surface area (Å²) >= 11 is 0. The normalized spacial score (nSPS) is 13.3. The summed E-state index contributed by atoms with van der Waals surface area (Å²) in [5, 5.41) is 0. The second-order valence-corrected chi connectivity index (χ2v) is 8.84. The highest BCUT2D eigenvalue weighted by atomic mass is 16.5. The molecule has 36 heavy (non-hydrogen) atoms. The van der Waals surface area contributed by atoms with Crippen LogP contribution in [-0.2, 0) is 22.6 Å². The lowest BCUT2D eigenvalue weighted by molar-refractivity contribution is -0.138. The third-order valence-corrected chi connectivity index (χ3v) is 6.43. The first-order valence-corrected chi connectivity index (χ1v) is 12.1. The minimum absolute atomic E-state index is 0.0413. The van der Waals surface area contributed by atoms with Crippen LogP contribution in [0, 0.1) is 0 Å². The number of hydrogen-bond acceptors (Lipinski definition) is 4. The molecule has 7 heteroatoms. The van der Waals surface area contributed by atoms with Gasteiger partial charge in [0.1, 0.15) is 5.75 Å². The Labute approximate surface area is 211 Å². The summed E-state index contributed by atoms with van der Waals surface area (Å²) in [6, 6.07) is 24.5. The number of methoxy groups -OCH3 is 1. The molecule has 1 aliphatic rings. The van der Waals surface area contributed by atoms with Crippen molar-refractivity contribution in [3.63, 3.8) is 0 Å². The van der Waals surface area contributed by atoms with Crippen LogP contribution >= 0.6 is 0 Å². The fraction of sp³-hybridized carbons (Fsp3) is 0.276. The highest BCUT2D eigenvalue weighted by Crippen LogP contribution is 2.23. The molecular formula is C29H31N3O4. The zero-order chi connectivity index (χ0) is 25.5. The molecule has 0 spiro atoms. The minimum Gasteiger partial charge on any atom is -0.497 e. The maximum absolute atomic E-state index is 13.5. The van der Waals surface area contributed by atoms with Gasteiger partial charge in [-0.25, -0.2) is 0 Å². The highest BCUT2D eigenvalue weighted by Gasteiger charge is 2.23. The summed E-state index contributed by atoms with van der Waals surface area (Å²) in [4.78, 5) is 43.2. The Morgan fingerprint density at radius 1 is 0.806 bits per heavy atom. The van der Waals surface area contributed by atoms with Crippen LogP contribution in [0.4, 0.5) is 5.69 Å². The fourth-order valence-electron chi connectivity index (χ4n) is 4.31. The minimum atomic E-state index is -0.134. The molecule has 7 nitrogen and oxygen atoms in total. The van der Waals surface area contributed by atoms with Crippen molar-refractivity contribution in [2.45, 2.75) is 19.9 Å². The topological polar surface area (TPSA) is 70.2 Å². The molecule has 4 rings (SSSR count). The predicted molar refractivity (Wildman–Crippen MR) is 139 cm³/mol. The summed E-state index contributed by atoms with van der Waals surface area (Å²) in [7, 11) is 1.58. The lowest BCUT2D eigenvalue weighted by Gasteiger charge is -2.34. The van der Waals surface area contributed by atoms with Crippen LogP contribution in [0.2, 0.25) is 0 Å². The number of ether oxygens (including phenoxy) is 1. The van der Waals surface area contributed by atoms with Gasteiger partial charge in [0.15, 0.2) is 0 Å². The molecule has 0 atom stereocenters. The number of piperazine rings is 1. The number of carbonyl (C=O) groups excluding carboxylic acids is 3. The number of hydrogen-bond donors (Lipinski definition) is 0. The van der Waals surface area contributed by atoms with Crippen LogP contribution in [0.25, 0.3) is 0 Å². The van der Waals surface area contributed by atoms with E-state index in [1.165, 1.54) is 0 Å². The summed E-state index contributed by atoms with van der Waals surface area (Å²) in [6.45, 7) is 4.21.